The zero-order valence-electron chi connectivity index (χ0n) is 16.6. The Labute approximate surface area is 169 Å². The molecule has 2 aliphatic rings. The molecule has 0 aliphatic carbocycles. The molecule has 8 nitrogen and oxygen atoms in total. The van der Waals surface area contributed by atoms with Gasteiger partial charge in [0.25, 0.3) is 5.91 Å². The number of likely N-dealkylation sites (N-methyl/N-ethyl adjacent to an activating group) is 1. The van der Waals surface area contributed by atoms with E-state index in [9.17, 15) is 14.4 Å². The van der Waals surface area contributed by atoms with Gasteiger partial charge < -0.3 is 20.3 Å². The van der Waals surface area contributed by atoms with Crippen molar-refractivity contribution in [3.8, 4) is 0 Å². The maximum absolute atomic E-state index is 13.3. The molecule has 4 rings (SSSR count). The summed E-state index contributed by atoms with van der Waals surface area (Å²) in [6.07, 6.45) is 2.85. The van der Waals surface area contributed by atoms with Gasteiger partial charge >= 0.3 is 0 Å². The monoisotopic (exact) mass is 398 g/mol. The van der Waals surface area contributed by atoms with Crippen LogP contribution in [0.2, 0.25) is 0 Å². The topological polar surface area (TPSA) is 92.7 Å². The van der Waals surface area contributed by atoms with Crippen molar-refractivity contribution in [3.05, 3.63) is 36.5 Å². The van der Waals surface area contributed by atoms with Gasteiger partial charge in [-0.05, 0) is 38.9 Å². The summed E-state index contributed by atoms with van der Waals surface area (Å²) in [7, 11) is 1.69. The lowest BCUT2D eigenvalue weighted by Gasteiger charge is -2.30. The molecule has 0 spiro atoms. The number of fused-ring (bicyclic) bond motifs is 2. The van der Waals surface area contributed by atoms with Gasteiger partial charge in [0.15, 0.2) is 0 Å². The third-order valence-corrected chi connectivity index (χ3v) is 5.87. The summed E-state index contributed by atoms with van der Waals surface area (Å²) in [5.41, 5.74) is 0.817. The normalized spacial score (nSPS) is 25.5. The first-order valence-electron chi connectivity index (χ1n) is 10.0. The maximum atomic E-state index is 13.3. The van der Waals surface area contributed by atoms with Gasteiger partial charge in [-0.2, -0.15) is 0 Å². The fourth-order valence-electron chi connectivity index (χ4n) is 4.10. The molecule has 2 aromatic rings. The maximum Gasteiger partial charge on any atom is 0.253 e. The van der Waals surface area contributed by atoms with Gasteiger partial charge in [-0.15, -0.1) is 0 Å². The van der Waals surface area contributed by atoms with Crippen molar-refractivity contribution in [2.75, 3.05) is 13.7 Å². The fourth-order valence-corrected chi connectivity index (χ4v) is 4.10. The van der Waals surface area contributed by atoms with E-state index >= 15 is 0 Å². The Morgan fingerprint density at radius 2 is 1.97 bits per heavy atom. The summed E-state index contributed by atoms with van der Waals surface area (Å²) >= 11 is 0. The average molecular weight is 398 g/mol. The van der Waals surface area contributed by atoms with Gasteiger partial charge in [-0.25, -0.2) is 0 Å². The Hall–Kier alpha value is -2.71. The van der Waals surface area contributed by atoms with Crippen LogP contribution in [-0.4, -0.2) is 65.2 Å². The summed E-state index contributed by atoms with van der Waals surface area (Å²) in [4.78, 5) is 40.4. The van der Waals surface area contributed by atoms with Crippen LogP contribution in [0.25, 0.3) is 10.9 Å². The quantitative estimate of drug-likeness (QED) is 0.805. The minimum atomic E-state index is -0.696. The van der Waals surface area contributed by atoms with Gasteiger partial charge in [-0.3, -0.25) is 19.0 Å². The number of carbonyl (C=O) groups is 3. The largest absolute Gasteiger partial charge is 0.358 e. The second-order valence-corrected chi connectivity index (χ2v) is 7.61. The van der Waals surface area contributed by atoms with E-state index in [1.54, 1.807) is 29.6 Å². The van der Waals surface area contributed by atoms with Gasteiger partial charge in [0, 0.05) is 18.0 Å². The molecule has 2 saturated heterocycles. The molecule has 8 heteroatoms. The number of hydrogen-bond donors (Lipinski definition) is 2. The summed E-state index contributed by atoms with van der Waals surface area (Å²) in [5.74, 6) is -0.652. The van der Waals surface area contributed by atoms with Crippen molar-refractivity contribution in [2.45, 2.75) is 50.5 Å². The molecule has 2 fully saturated rings. The van der Waals surface area contributed by atoms with Crippen LogP contribution in [0.15, 0.2) is 36.5 Å². The highest BCUT2D eigenvalue weighted by Crippen LogP contribution is 2.30. The molecule has 29 heavy (non-hydrogen) atoms. The molecule has 0 radical (unpaired) electrons. The predicted molar refractivity (Wildman–Crippen MR) is 107 cm³/mol. The highest BCUT2D eigenvalue weighted by Gasteiger charge is 2.46. The van der Waals surface area contributed by atoms with E-state index in [1.807, 2.05) is 30.3 Å². The number of carbonyl (C=O) groups excluding carboxylic acids is 3. The van der Waals surface area contributed by atoms with E-state index in [1.165, 1.54) is 0 Å². The molecule has 2 amide bonds. The van der Waals surface area contributed by atoms with Crippen molar-refractivity contribution in [1.82, 2.24) is 20.1 Å². The van der Waals surface area contributed by atoms with E-state index in [0.717, 1.165) is 10.9 Å². The van der Waals surface area contributed by atoms with E-state index in [-0.39, 0.29) is 17.7 Å². The van der Waals surface area contributed by atoms with Crippen LogP contribution in [0.5, 0.6) is 0 Å². The first-order chi connectivity index (χ1) is 14.0. The zero-order valence-corrected chi connectivity index (χ0v) is 16.6. The van der Waals surface area contributed by atoms with Gasteiger partial charge in [0.05, 0.1) is 18.2 Å². The van der Waals surface area contributed by atoms with Gasteiger partial charge in [-0.1, -0.05) is 18.2 Å². The Balaban J connectivity index is 1.58. The first-order valence-corrected chi connectivity index (χ1v) is 10.0. The molecule has 2 N–H and O–H groups in total. The third-order valence-electron chi connectivity index (χ3n) is 5.87. The number of aromatic nitrogens is 1. The summed E-state index contributed by atoms with van der Waals surface area (Å²) in [6, 6.07) is 7.83. The number of nitrogens with zero attached hydrogens (tertiary/aromatic N) is 2. The Kier molecular flexibility index (Phi) is 5.38. The van der Waals surface area contributed by atoms with E-state index in [0.29, 0.717) is 25.9 Å². The fraction of sp³-hybridized carbons (Fsp3) is 0.476. The average Bonchev–Trinajstić information content (AvgIpc) is 3.32. The van der Waals surface area contributed by atoms with Crippen LogP contribution < -0.4 is 10.6 Å². The summed E-state index contributed by atoms with van der Waals surface area (Å²) in [6.45, 7) is 2.09. The number of benzene rings is 1. The predicted octanol–water partition coefficient (Wildman–Crippen LogP) is 1.11. The van der Waals surface area contributed by atoms with Crippen LogP contribution >= 0.6 is 0 Å². The standard InChI is InChI=1S/C21H26N4O4/c1-13(22-2)19(26)23-15-10-12-29-18-8-7-17(25(18)20(15)27)21(28)24-11-9-14-5-3-4-6-16(14)24/h3-6,9,11,13,15,17-18,22H,7-8,10,12H2,1-2H3,(H,23,26)/t13-,15-,17+,18-/m0/s1. The molecule has 1 aromatic carbocycles. The number of amides is 2. The highest BCUT2D eigenvalue weighted by atomic mass is 16.5. The van der Waals surface area contributed by atoms with Crippen LogP contribution in [0.3, 0.4) is 0 Å². The van der Waals surface area contributed by atoms with Crippen molar-refractivity contribution in [1.29, 1.82) is 0 Å². The van der Waals surface area contributed by atoms with E-state index in [4.69, 9.17) is 4.74 Å². The second kappa shape index (κ2) is 7.96. The molecule has 2 aliphatic heterocycles. The van der Waals surface area contributed by atoms with Crippen molar-refractivity contribution in [3.63, 3.8) is 0 Å². The molecule has 4 atom stereocenters. The molecule has 0 bridgehead atoms. The van der Waals surface area contributed by atoms with Crippen molar-refractivity contribution in [2.24, 2.45) is 0 Å². The van der Waals surface area contributed by atoms with Crippen molar-refractivity contribution < 1.29 is 19.1 Å². The van der Waals surface area contributed by atoms with Crippen LogP contribution in [0.1, 0.15) is 31.0 Å². The van der Waals surface area contributed by atoms with Crippen molar-refractivity contribution >= 4 is 28.6 Å². The third kappa shape index (κ3) is 3.54. The zero-order chi connectivity index (χ0) is 20.5. The first kappa shape index (κ1) is 19.6. The van der Waals surface area contributed by atoms with Crippen LogP contribution in [0, 0.1) is 0 Å². The second-order valence-electron chi connectivity index (χ2n) is 7.61. The smallest absolute Gasteiger partial charge is 0.253 e. The number of hydrogen-bond acceptors (Lipinski definition) is 5. The lowest BCUT2D eigenvalue weighted by Crippen LogP contribution is -2.55. The molecular weight excluding hydrogens is 372 g/mol. The minimum absolute atomic E-state index is 0.152. The lowest BCUT2D eigenvalue weighted by molar-refractivity contribution is -0.143. The molecule has 0 unspecified atom stereocenters. The SMILES string of the molecule is CN[C@@H](C)C(=O)N[C@H]1CCO[C@H]2CC[C@H](C(=O)n3ccc4ccccc43)N2C1=O. The molecule has 154 valence electrons. The summed E-state index contributed by atoms with van der Waals surface area (Å²) in [5, 5.41) is 6.65. The minimum Gasteiger partial charge on any atom is -0.358 e. The number of nitrogens with one attached hydrogen (secondary N) is 2. The van der Waals surface area contributed by atoms with E-state index < -0.39 is 24.4 Å². The Morgan fingerprint density at radius 3 is 2.76 bits per heavy atom. The highest BCUT2D eigenvalue weighted by molar-refractivity contribution is 5.98. The van der Waals surface area contributed by atoms with Gasteiger partial charge in [0.1, 0.15) is 18.3 Å². The number of para-hydroxylation sites is 1. The summed E-state index contributed by atoms with van der Waals surface area (Å²) < 4.78 is 7.47. The molecular formula is C21H26N4O4. The molecule has 1 aromatic heterocycles. The lowest BCUT2D eigenvalue weighted by atomic mass is 10.1. The number of rotatable bonds is 4. The van der Waals surface area contributed by atoms with Gasteiger partial charge in [0.2, 0.25) is 11.8 Å². The Morgan fingerprint density at radius 1 is 1.17 bits per heavy atom. The molecule has 3 heterocycles. The van der Waals surface area contributed by atoms with Crippen LogP contribution in [-0.2, 0) is 14.3 Å². The molecule has 0 saturated carbocycles. The van der Waals surface area contributed by atoms with E-state index in [2.05, 4.69) is 10.6 Å². The van der Waals surface area contributed by atoms with Crippen LogP contribution in [0.4, 0.5) is 0 Å². The Bertz CT molecular complexity index is 940. The number of ether oxygens (including phenoxy) is 1.